The minimum atomic E-state index is -0.00884. The summed E-state index contributed by atoms with van der Waals surface area (Å²) in [5.74, 6) is 0.432. The lowest BCUT2D eigenvalue weighted by atomic mass is 9.96. The lowest BCUT2D eigenvalue weighted by Gasteiger charge is -2.16. The number of carbonyl (C=O) groups is 1. The van der Waals surface area contributed by atoms with E-state index in [4.69, 9.17) is 0 Å². The molecule has 2 aromatic carbocycles. The molecular weight excluding hydrogens is 270 g/mol. The predicted octanol–water partition coefficient (Wildman–Crippen LogP) is 4.94. The largest absolute Gasteiger partial charge is 0.322 e. The second kappa shape index (κ2) is 6.35. The normalized spacial score (nSPS) is 14.5. The maximum atomic E-state index is 12.6. The van der Waals surface area contributed by atoms with Gasteiger partial charge < -0.3 is 5.32 Å². The van der Waals surface area contributed by atoms with Crippen molar-refractivity contribution in [3.05, 3.63) is 64.7 Å². The molecule has 0 saturated carbocycles. The first-order chi connectivity index (χ1) is 10.7. The molecule has 1 N–H and O–H groups in total. The van der Waals surface area contributed by atoms with Crippen molar-refractivity contribution in [2.24, 2.45) is 0 Å². The molecule has 2 aromatic rings. The van der Waals surface area contributed by atoms with Crippen LogP contribution in [0.5, 0.6) is 0 Å². The Morgan fingerprint density at radius 1 is 1.14 bits per heavy atom. The van der Waals surface area contributed by atoms with E-state index in [1.165, 1.54) is 23.1 Å². The van der Waals surface area contributed by atoms with Crippen molar-refractivity contribution in [2.75, 3.05) is 5.32 Å². The summed E-state index contributed by atoms with van der Waals surface area (Å²) in [6.07, 6.45) is 4.51. The van der Waals surface area contributed by atoms with Gasteiger partial charge in [0.15, 0.2) is 0 Å². The molecule has 22 heavy (non-hydrogen) atoms. The van der Waals surface area contributed by atoms with Gasteiger partial charge in [-0.25, -0.2) is 0 Å². The standard InChI is InChI=1S/C20H23NO/c1-3-14(2)18-9-4-5-10-19(18)21-20(22)17-12-11-15-7-6-8-16(15)13-17/h4-5,9-14H,3,6-8H2,1-2H3,(H,21,22)/t14-/m0/s1. The van der Waals surface area contributed by atoms with E-state index in [0.29, 0.717) is 5.92 Å². The van der Waals surface area contributed by atoms with Crippen molar-refractivity contribution in [1.29, 1.82) is 0 Å². The molecule has 2 nitrogen and oxygen atoms in total. The van der Waals surface area contributed by atoms with E-state index in [1.54, 1.807) is 0 Å². The van der Waals surface area contributed by atoms with Crippen LogP contribution < -0.4 is 5.32 Å². The highest BCUT2D eigenvalue weighted by Crippen LogP contribution is 2.27. The molecule has 1 amide bonds. The van der Waals surface area contributed by atoms with Gasteiger partial charge in [-0.2, -0.15) is 0 Å². The number of carbonyl (C=O) groups excluding carboxylic acids is 1. The second-order valence-electron chi connectivity index (χ2n) is 6.19. The first-order valence-corrected chi connectivity index (χ1v) is 8.21. The number of rotatable bonds is 4. The molecule has 0 aliphatic heterocycles. The number of amides is 1. The summed E-state index contributed by atoms with van der Waals surface area (Å²) in [4.78, 5) is 12.6. The van der Waals surface area contributed by atoms with Gasteiger partial charge in [0.05, 0.1) is 0 Å². The van der Waals surface area contributed by atoms with Gasteiger partial charge in [0.2, 0.25) is 0 Å². The Bertz CT molecular complexity index is 690. The minimum absolute atomic E-state index is 0.00884. The molecule has 1 atom stereocenters. The molecule has 0 spiro atoms. The summed E-state index contributed by atoms with van der Waals surface area (Å²) in [5, 5.41) is 3.09. The van der Waals surface area contributed by atoms with Gasteiger partial charge >= 0.3 is 0 Å². The first-order valence-electron chi connectivity index (χ1n) is 8.21. The molecule has 0 aromatic heterocycles. The number of fused-ring (bicyclic) bond motifs is 1. The van der Waals surface area contributed by atoms with Crippen LogP contribution in [-0.4, -0.2) is 5.91 Å². The van der Waals surface area contributed by atoms with E-state index in [9.17, 15) is 4.79 Å². The summed E-state index contributed by atoms with van der Waals surface area (Å²) < 4.78 is 0. The predicted molar refractivity (Wildman–Crippen MR) is 91.6 cm³/mol. The van der Waals surface area contributed by atoms with Gasteiger partial charge in [0.25, 0.3) is 5.91 Å². The molecule has 0 radical (unpaired) electrons. The van der Waals surface area contributed by atoms with Crippen LogP contribution in [0.2, 0.25) is 0 Å². The number of nitrogens with one attached hydrogen (secondary N) is 1. The molecule has 0 fully saturated rings. The van der Waals surface area contributed by atoms with E-state index >= 15 is 0 Å². The van der Waals surface area contributed by atoms with E-state index in [2.05, 4.69) is 37.4 Å². The van der Waals surface area contributed by atoms with Crippen molar-refractivity contribution in [3.8, 4) is 0 Å². The Labute approximate surface area is 132 Å². The smallest absolute Gasteiger partial charge is 0.255 e. The molecule has 0 unspecified atom stereocenters. The van der Waals surface area contributed by atoms with Crippen LogP contribution in [-0.2, 0) is 12.8 Å². The van der Waals surface area contributed by atoms with Crippen molar-refractivity contribution < 1.29 is 4.79 Å². The summed E-state index contributed by atoms with van der Waals surface area (Å²) in [7, 11) is 0. The highest BCUT2D eigenvalue weighted by molar-refractivity contribution is 6.04. The number of benzene rings is 2. The van der Waals surface area contributed by atoms with Gasteiger partial charge in [0.1, 0.15) is 0 Å². The Kier molecular flexibility index (Phi) is 4.28. The fourth-order valence-corrected chi connectivity index (χ4v) is 3.17. The maximum Gasteiger partial charge on any atom is 0.255 e. The Hall–Kier alpha value is -2.09. The summed E-state index contributed by atoms with van der Waals surface area (Å²) in [5.41, 5.74) is 5.64. The van der Waals surface area contributed by atoms with Crippen molar-refractivity contribution in [1.82, 2.24) is 0 Å². The fourth-order valence-electron chi connectivity index (χ4n) is 3.17. The van der Waals surface area contributed by atoms with Crippen LogP contribution in [0.1, 0.15) is 59.7 Å². The SMILES string of the molecule is CC[C@H](C)c1ccccc1NC(=O)c1ccc2c(c1)CCC2. The van der Waals surface area contributed by atoms with Crippen molar-refractivity contribution in [2.45, 2.75) is 45.4 Å². The number of anilines is 1. The molecular formula is C20H23NO. The Morgan fingerprint density at radius 3 is 2.73 bits per heavy atom. The highest BCUT2D eigenvalue weighted by Gasteiger charge is 2.15. The van der Waals surface area contributed by atoms with Crippen LogP contribution >= 0.6 is 0 Å². The topological polar surface area (TPSA) is 29.1 Å². The van der Waals surface area contributed by atoms with Crippen molar-refractivity contribution in [3.63, 3.8) is 0 Å². The van der Waals surface area contributed by atoms with Crippen LogP contribution in [0.3, 0.4) is 0 Å². The quantitative estimate of drug-likeness (QED) is 0.849. The van der Waals surface area contributed by atoms with Crippen LogP contribution in [0.25, 0.3) is 0 Å². The van der Waals surface area contributed by atoms with Crippen molar-refractivity contribution >= 4 is 11.6 Å². The average molecular weight is 293 g/mol. The highest BCUT2D eigenvalue weighted by atomic mass is 16.1. The first kappa shape index (κ1) is 14.8. The maximum absolute atomic E-state index is 12.6. The molecule has 0 heterocycles. The number of hydrogen-bond donors (Lipinski definition) is 1. The van der Waals surface area contributed by atoms with Crippen LogP contribution in [0.15, 0.2) is 42.5 Å². The summed E-state index contributed by atoms with van der Waals surface area (Å²) in [6.45, 7) is 4.37. The van der Waals surface area contributed by atoms with E-state index in [1.807, 2.05) is 24.3 Å². The zero-order chi connectivity index (χ0) is 15.5. The zero-order valence-corrected chi connectivity index (χ0v) is 13.4. The van der Waals surface area contributed by atoms with Crippen LogP contribution in [0.4, 0.5) is 5.69 Å². The monoisotopic (exact) mass is 293 g/mol. The molecule has 1 aliphatic rings. The molecule has 3 rings (SSSR count). The third-order valence-electron chi connectivity index (χ3n) is 4.71. The Morgan fingerprint density at radius 2 is 1.91 bits per heavy atom. The second-order valence-corrected chi connectivity index (χ2v) is 6.19. The average Bonchev–Trinajstić information content (AvgIpc) is 3.02. The van der Waals surface area contributed by atoms with Crippen LogP contribution in [0, 0.1) is 0 Å². The zero-order valence-electron chi connectivity index (χ0n) is 13.4. The van der Waals surface area contributed by atoms with Gasteiger partial charge in [-0.05, 0) is 66.5 Å². The third kappa shape index (κ3) is 2.92. The van der Waals surface area contributed by atoms with E-state index < -0.39 is 0 Å². The van der Waals surface area contributed by atoms with Gasteiger partial charge in [-0.1, -0.05) is 38.1 Å². The lowest BCUT2D eigenvalue weighted by Crippen LogP contribution is -2.14. The van der Waals surface area contributed by atoms with E-state index in [-0.39, 0.29) is 5.91 Å². The number of para-hydroxylation sites is 1. The summed E-state index contributed by atoms with van der Waals surface area (Å²) in [6, 6.07) is 14.2. The summed E-state index contributed by atoms with van der Waals surface area (Å²) >= 11 is 0. The number of hydrogen-bond acceptors (Lipinski definition) is 1. The molecule has 2 heteroatoms. The van der Waals surface area contributed by atoms with Gasteiger partial charge in [-0.3, -0.25) is 4.79 Å². The number of aryl methyl sites for hydroxylation is 2. The fraction of sp³-hybridized carbons (Fsp3) is 0.350. The Balaban J connectivity index is 1.83. The molecule has 0 bridgehead atoms. The van der Waals surface area contributed by atoms with Gasteiger partial charge in [0, 0.05) is 11.3 Å². The van der Waals surface area contributed by atoms with Gasteiger partial charge in [-0.15, -0.1) is 0 Å². The third-order valence-corrected chi connectivity index (χ3v) is 4.71. The molecule has 114 valence electrons. The molecule has 0 saturated heterocycles. The minimum Gasteiger partial charge on any atom is -0.322 e. The lowest BCUT2D eigenvalue weighted by molar-refractivity contribution is 0.102. The molecule has 1 aliphatic carbocycles. The van der Waals surface area contributed by atoms with E-state index in [0.717, 1.165) is 30.5 Å².